The van der Waals surface area contributed by atoms with Crippen molar-refractivity contribution >= 4 is 34.8 Å². The molecule has 0 spiro atoms. The van der Waals surface area contributed by atoms with Crippen LogP contribution in [0.5, 0.6) is 0 Å². The first-order valence-corrected chi connectivity index (χ1v) is 10.0. The number of rotatable bonds is 6. The molecule has 1 unspecified atom stereocenters. The second-order valence-corrected chi connectivity index (χ2v) is 7.46. The molecule has 3 rings (SSSR count). The SMILES string of the molecule is COCCOC(=O)C1=C(C)N=C2SCCC(=O)N2C1c1ccc(C(=O)OC)cc1. The van der Waals surface area contributed by atoms with E-state index in [1.165, 1.54) is 26.0 Å². The van der Waals surface area contributed by atoms with E-state index in [-0.39, 0.29) is 19.1 Å². The van der Waals surface area contributed by atoms with Crippen molar-refractivity contribution in [2.24, 2.45) is 4.99 Å². The average Bonchev–Trinajstić information content (AvgIpc) is 2.72. The van der Waals surface area contributed by atoms with E-state index in [4.69, 9.17) is 14.2 Å². The van der Waals surface area contributed by atoms with Crippen LogP contribution >= 0.6 is 11.8 Å². The molecule has 29 heavy (non-hydrogen) atoms. The molecule has 9 heteroatoms. The summed E-state index contributed by atoms with van der Waals surface area (Å²) < 4.78 is 15.0. The first-order chi connectivity index (χ1) is 14.0. The number of carbonyl (C=O) groups excluding carboxylic acids is 3. The standard InChI is InChI=1S/C20H22N2O6S/c1-12-16(19(25)28-10-9-26-2)17(22-15(23)8-11-29-20(22)21-12)13-4-6-14(7-5-13)18(24)27-3/h4-7,17H,8-11H2,1-3H3. The highest BCUT2D eigenvalue weighted by Crippen LogP contribution is 2.40. The van der Waals surface area contributed by atoms with Crippen LogP contribution in [0.15, 0.2) is 40.5 Å². The third-order valence-electron chi connectivity index (χ3n) is 4.59. The quantitative estimate of drug-likeness (QED) is 0.517. The van der Waals surface area contributed by atoms with Gasteiger partial charge in [0.1, 0.15) is 6.61 Å². The Kier molecular flexibility index (Phi) is 6.71. The van der Waals surface area contributed by atoms with Gasteiger partial charge in [0, 0.05) is 19.3 Å². The number of ether oxygens (including phenoxy) is 3. The predicted octanol–water partition coefficient (Wildman–Crippen LogP) is 2.31. The molecule has 154 valence electrons. The van der Waals surface area contributed by atoms with Crippen molar-refractivity contribution < 1.29 is 28.6 Å². The lowest BCUT2D eigenvalue weighted by Gasteiger charge is -2.38. The highest BCUT2D eigenvalue weighted by atomic mass is 32.2. The van der Waals surface area contributed by atoms with E-state index in [1.54, 1.807) is 36.1 Å². The normalized spacial score (nSPS) is 18.9. The third-order valence-corrected chi connectivity index (χ3v) is 5.55. The molecule has 2 aliphatic heterocycles. The van der Waals surface area contributed by atoms with Gasteiger partial charge in [0.15, 0.2) is 5.17 Å². The molecule has 2 heterocycles. The van der Waals surface area contributed by atoms with E-state index >= 15 is 0 Å². The number of benzene rings is 1. The number of hydrogen-bond acceptors (Lipinski definition) is 8. The predicted molar refractivity (Wildman–Crippen MR) is 107 cm³/mol. The van der Waals surface area contributed by atoms with Gasteiger partial charge < -0.3 is 14.2 Å². The van der Waals surface area contributed by atoms with E-state index < -0.39 is 18.0 Å². The van der Waals surface area contributed by atoms with Crippen molar-refractivity contribution in [3.05, 3.63) is 46.7 Å². The molecule has 0 radical (unpaired) electrons. The maximum Gasteiger partial charge on any atom is 0.338 e. The first-order valence-electron chi connectivity index (χ1n) is 9.06. The molecule has 0 saturated carbocycles. The zero-order valence-electron chi connectivity index (χ0n) is 16.5. The number of esters is 2. The first kappa shape index (κ1) is 21.1. The van der Waals surface area contributed by atoms with Crippen LogP contribution in [0.2, 0.25) is 0 Å². The molecule has 1 amide bonds. The summed E-state index contributed by atoms with van der Waals surface area (Å²) in [6, 6.07) is 5.96. The van der Waals surface area contributed by atoms with Gasteiger partial charge in [-0.2, -0.15) is 0 Å². The Morgan fingerprint density at radius 3 is 2.55 bits per heavy atom. The average molecular weight is 418 g/mol. The number of hydrogen-bond donors (Lipinski definition) is 0. The largest absolute Gasteiger partial charge is 0.465 e. The zero-order valence-corrected chi connectivity index (χ0v) is 17.3. The van der Waals surface area contributed by atoms with Crippen molar-refractivity contribution in [3.63, 3.8) is 0 Å². The molecule has 0 N–H and O–H groups in total. The van der Waals surface area contributed by atoms with Crippen molar-refractivity contribution in [1.29, 1.82) is 0 Å². The van der Waals surface area contributed by atoms with Crippen LogP contribution in [0.1, 0.15) is 35.3 Å². The van der Waals surface area contributed by atoms with Crippen molar-refractivity contribution in [1.82, 2.24) is 4.90 Å². The van der Waals surface area contributed by atoms with Crippen LogP contribution in [0.4, 0.5) is 0 Å². The summed E-state index contributed by atoms with van der Waals surface area (Å²) in [7, 11) is 2.83. The van der Waals surface area contributed by atoms with Crippen LogP contribution in [-0.4, -0.2) is 61.1 Å². The smallest absolute Gasteiger partial charge is 0.338 e. The van der Waals surface area contributed by atoms with Gasteiger partial charge in [-0.05, 0) is 24.6 Å². The molecule has 1 aromatic rings. The molecular formula is C20H22N2O6S. The number of carbonyl (C=O) groups is 3. The fraction of sp³-hybridized carbons (Fsp3) is 0.400. The lowest BCUT2D eigenvalue weighted by atomic mass is 9.93. The summed E-state index contributed by atoms with van der Waals surface area (Å²) in [5.41, 5.74) is 1.86. The van der Waals surface area contributed by atoms with Crippen LogP contribution in [-0.2, 0) is 23.8 Å². The van der Waals surface area contributed by atoms with Gasteiger partial charge >= 0.3 is 11.9 Å². The summed E-state index contributed by atoms with van der Waals surface area (Å²) in [5.74, 6) is -0.478. The summed E-state index contributed by atoms with van der Waals surface area (Å²) >= 11 is 1.47. The third kappa shape index (κ3) is 4.35. The Morgan fingerprint density at radius 1 is 1.17 bits per heavy atom. The maximum absolute atomic E-state index is 12.8. The fourth-order valence-electron chi connectivity index (χ4n) is 3.19. The van der Waals surface area contributed by atoms with Gasteiger partial charge in [-0.25, -0.2) is 14.6 Å². The van der Waals surface area contributed by atoms with E-state index in [2.05, 4.69) is 4.99 Å². The molecule has 1 saturated heterocycles. The Morgan fingerprint density at radius 2 is 1.90 bits per heavy atom. The second-order valence-electron chi connectivity index (χ2n) is 6.40. The van der Waals surface area contributed by atoms with Crippen LogP contribution < -0.4 is 0 Å². The minimum absolute atomic E-state index is 0.0966. The summed E-state index contributed by atoms with van der Waals surface area (Å²) in [5, 5.41) is 0.564. The number of allylic oxidation sites excluding steroid dienone is 1. The van der Waals surface area contributed by atoms with Gasteiger partial charge in [0.2, 0.25) is 5.91 Å². The van der Waals surface area contributed by atoms with Crippen LogP contribution in [0.3, 0.4) is 0 Å². The molecule has 0 bridgehead atoms. The van der Waals surface area contributed by atoms with Crippen molar-refractivity contribution in [2.45, 2.75) is 19.4 Å². The Bertz CT molecular complexity index is 877. The Balaban J connectivity index is 2.02. The molecule has 8 nitrogen and oxygen atoms in total. The maximum atomic E-state index is 12.8. The molecular weight excluding hydrogens is 396 g/mol. The highest BCUT2D eigenvalue weighted by molar-refractivity contribution is 8.14. The topological polar surface area (TPSA) is 94.5 Å². The molecule has 0 aliphatic carbocycles. The van der Waals surface area contributed by atoms with Gasteiger partial charge in [0.25, 0.3) is 0 Å². The number of amides is 1. The fourth-order valence-corrected chi connectivity index (χ4v) is 4.19. The zero-order chi connectivity index (χ0) is 21.0. The number of methoxy groups -OCH3 is 2. The molecule has 1 atom stereocenters. The monoisotopic (exact) mass is 418 g/mol. The van der Waals surface area contributed by atoms with Crippen molar-refractivity contribution in [2.75, 3.05) is 33.2 Å². The summed E-state index contributed by atoms with van der Waals surface area (Å²) in [6.07, 6.45) is 0.353. The van der Waals surface area contributed by atoms with E-state index in [0.717, 1.165) is 0 Å². The lowest BCUT2D eigenvalue weighted by molar-refractivity contribution is -0.141. The van der Waals surface area contributed by atoms with Gasteiger partial charge in [0.05, 0.1) is 36.6 Å². The number of nitrogens with zero attached hydrogens (tertiary/aromatic N) is 2. The second kappa shape index (κ2) is 9.23. The Hall–Kier alpha value is -2.65. The summed E-state index contributed by atoms with van der Waals surface area (Å²) in [4.78, 5) is 43.3. The van der Waals surface area contributed by atoms with Crippen LogP contribution in [0, 0.1) is 0 Å². The minimum atomic E-state index is -0.676. The summed E-state index contributed by atoms with van der Waals surface area (Å²) in [6.45, 7) is 2.09. The molecule has 1 aromatic carbocycles. The molecule has 2 aliphatic rings. The van der Waals surface area contributed by atoms with E-state index in [1.807, 2.05) is 0 Å². The van der Waals surface area contributed by atoms with Gasteiger partial charge in [-0.1, -0.05) is 23.9 Å². The molecule has 0 aromatic heterocycles. The van der Waals surface area contributed by atoms with E-state index in [9.17, 15) is 14.4 Å². The van der Waals surface area contributed by atoms with Gasteiger partial charge in [-0.15, -0.1) is 0 Å². The van der Waals surface area contributed by atoms with E-state index in [0.29, 0.717) is 39.7 Å². The molecule has 1 fully saturated rings. The van der Waals surface area contributed by atoms with Crippen LogP contribution in [0.25, 0.3) is 0 Å². The minimum Gasteiger partial charge on any atom is -0.465 e. The number of fused-ring (bicyclic) bond motifs is 1. The highest BCUT2D eigenvalue weighted by Gasteiger charge is 2.41. The van der Waals surface area contributed by atoms with Crippen molar-refractivity contribution in [3.8, 4) is 0 Å². The van der Waals surface area contributed by atoms with Gasteiger partial charge in [-0.3, -0.25) is 9.69 Å². The number of thioether (sulfide) groups is 1. The number of aliphatic imine (C=N–C) groups is 1. The number of amidine groups is 1. The Labute approximate surface area is 172 Å². The lowest BCUT2D eigenvalue weighted by Crippen LogP contribution is -2.45.